The molecule has 1 aromatic heterocycles. The molecule has 0 spiro atoms. The molecule has 5 N–H and O–H groups in total. The fraction of sp³-hybridized carbons (Fsp3) is 0.267. The molecule has 0 radical (unpaired) electrons. The van der Waals surface area contributed by atoms with E-state index in [-0.39, 0.29) is 18.1 Å². The van der Waals surface area contributed by atoms with Gasteiger partial charge >= 0.3 is 12.1 Å². The molecule has 1 aromatic carbocycles. The zero-order valence-corrected chi connectivity index (χ0v) is 13.8. The van der Waals surface area contributed by atoms with Gasteiger partial charge in [-0.1, -0.05) is 0 Å². The van der Waals surface area contributed by atoms with Crippen molar-refractivity contribution in [3.05, 3.63) is 50.8 Å². The highest BCUT2D eigenvalue weighted by molar-refractivity contribution is 5.96. The van der Waals surface area contributed by atoms with E-state index in [4.69, 9.17) is 10.5 Å². The Balaban J connectivity index is 1.93. The van der Waals surface area contributed by atoms with E-state index < -0.39 is 41.0 Å². The first-order chi connectivity index (χ1) is 12.5. The van der Waals surface area contributed by atoms with Gasteiger partial charge in [-0.15, -0.1) is 13.2 Å². The van der Waals surface area contributed by atoms with E-state index in [0.717, 1.165) is 12.1 Å². The molecular formula is C15H15F3N4O5. The van der Waals surface area contributed by atoms with Crippen molar-refractivity contribution in [2.75, 3.05) is 12.3 Å². The van der Waals surface area contributed by atoms with Crippen LogP contribution in [0.4, 0.5) is 18.9 Å². The third-order valence-electron chi connectivity index (χ3n) is 3.14. The van der Waals surface area contributed by atoms with Gasteiger partial charge in [0.2, 0.25) is 0 Å². The monoisotopic (exact) mass is 388 g/mol. The molecule has 0 saturated heterocycles. The van der Waals surface area contributed by atoms with Gasteiger partial charge in [-0.3, -0.25) is 14.6 Å². The van der Waals surface area contributed by atoms with Crippen LogP contribution in [0.25, 0.3) is 0 Å². The van der Waals surface area contributed by atoms with Crippen LogP contribution in [-0.2, 0) is 0 Å². The maximum absolute atomic E-state index is 12.1. The van der Waals surface area contributed by atoms with Gasteiger partial charge < -0.3 is 25.5 Å². The van der Waals surface area contributed by atoms with Crippen LogP contribution in [0.15, 0.2) is 33.9 Å². The number of ether oxygens (including phenoxy) is 2. The van der Waals surface area contributed by atoms with E-state index in [1.807, 2.05) is 4.98 Å². The average molecular weight is 388 g/mol. The summed E-state index contributed by atoms with van der Waals surface area (Å²) in [6.45, 7) is 1.53. The zero-order chi connectivity index (χ0) is 20.2. The fourth-order valence-electron chi connectivity index (χ4n) is 1.97. The highest BCUT2D eigenvalue weighted by Crippen LogP contribution is 2.24. The molecule has 0 aliphatic heterocycles. The number of aromatic amines is 2. The van der Waals surface area contributed by atoms with Crippen LogP contribution in [0.3, 0.4) is 0 Å². The molecule has 2 aromatic rings. The normalized spacial score (nSPS) is 12.3. The molecule has 0 fully saturated rings. The van der Waals surface area contributed by atoms with Gasteiger partial charge in [0.25, 0.3) is 11.5 Å². The number of alkyl halides is 3. The minimum atomic E-state index is -4.79. The van der Waals surface area contributed by atoms with Gasteiger partial charge in [-0.2, -0.15) is 0 Å². The summed E-state index contributed by atoms with van der Waals surface area (Å²) in [4.78, 5) is 38.7. The molecule has 0 aliphatic carbocycles. The van der Waals surface area contributed by atoms with E-state index >= 15 is 0 Å². The van der Waals surface area contributed by atoms with Gasteiger partial charge in [0.05, 0.1) is 6.04 Å². The number of nitrogens with two attached hydrogens (primary N) is 1. The number of halogens is 3. The summed E-state index contributed by atoms with van der Waals surface area (Å²) < 4.78 is 45.3. The van der Waals surface area contributed by atoms with E-state index in [9.17, 15) is 27.6 Å². The Morgan fingerprint density at radius 1 is 1.19 bits per heavy atom. The van der Waals surface area contributed by atoms with Gasteiger partial charge in [-0.05, 0) is 31.2 Å². The summed E-state index contributed by atoms with van der Waals surface area (Å²) in [6.07, 6.45) is -4.79. The van der Waals surface area contributed by atoms with Crippen molar-refractivity contribution in [1.82, 2.24) is 15.3 Å². The fourth-order valence-corrected chi connectivity index (χ4v) is 1.97. The van der Waals surface area contributed by atoms with Crippen LogP contribution in [0.5, 0.6) is 11.5 Å². The van der Waals surface area contributed by atoms with Gasteiger partial charge in [0.1, 0.15) is 29.5 Å². The molecule has 12 heteroatoms. The van der Waals surface area contributed by atoms with E-state index in [0.29, 0.717) is 0 Å². The molecule has 1 heterocycles. The highest BCUT2D eigenvalue weighted by Gasteiger charge is 2.31. The minimum absolute atomic E-state index is 0.0431. The highest BCUT2D eigenvalue weighted by atomic mass is 19.4. The van der Waals surface area contributed by atoms with Crippen LogP contribution >= 0.6 is 0 Å². The molecular weight excluding hydrogens is 373 g/mol. The topological polar surface area (TPSA) is 139 Å². The maximum atomic E-state index is 12.1. The van der Waals surface area contributed by atoms with Gasteiger partial charge in [0, 0.05) is 0 Å². The Hall–Kier alpha value is -3.44. The first-order valence-corrected chi connectivity index (χ1v) is 7.46. The van der Waals surface area contributed by atoms with Gasteiger partial charge in [0.15, 0.2) is 0 Å². The lowest BCUT2D eigenvalue weighted by Gasteiger charge is -2.16. The Kier molecular flexibility index (Phi) is 5.78. The average Bonchev–Trinajstić information content (AvgIpc) is 2.56. The van der Waals surface area contributed by atoms with Crippen LogP contribution in [-0.4, -0.2) is 34.9 Å². The molecule has 146 valence electrons. The molecule has 0 bridgehead atoms. The number of rotatable bonds is 6. The lowest BCUT2D eigenvalue weighted by molar-refractivity contribution is -0.274. The molecule has 27 heavy (non-hydrogen) atoms. The maximum Gasteiger partial charge on any atom is 0.573 e. The quantitative estimate of drug-likeness (QED) is 0.576. The summed E-state index contributed by atoms with van der Waals surface area (Å²) >= 11 is 0. The van der Waals surface area contributed by atoms with Gasteiger partial charge in [-0.25, -0.2) is 4.79 Å². The molecule has 0 saturated carbocycles. The largest absolute Gasteiger partial charge is 0.573 e. The number of carbonyl (C=O) groups excluding carboxylic acids is 1. The number of aromatic nitrogens is 2. The van der Waals surface area contributed by atoms with Crippen LogP contribution in [0.2, 0.25) is 0 Å². The Bertz CT molecular complexity index is 921. The van der Waals surface area contributed by atoms with Crippen molar-refractivity contribution >= 4 is 11.6 Å². The minimum Gasteiger partial charge on any atom is -0.491 e. The second-order valence-corrected chi connectivity index (χ2v) is 5.40. The number of hydrogen-bond donors (Lipinski definition) is 4. The number of hydrogen-bond acceptors (Lipinski definition) is 6. The van der Waals surface area contributed by atoms with E-state index in [1.54, 1.807) is 6.92 Å². The van der Waals surface area contributed by atoms with Crippen molar-refractivity contribution in [2.24, 2.45) is 0 Å². The Morgan fingerprint density at radius 2 is 1.78 bits per heavy atom. The van der Waals surface area contributed by atoms with Crippen molar-refractivity contribution < 1.29 is 27.4 Å². The number of anilines is 1. The summed E-state index contributed by atoms with van der Waals surface area (Å²) in [5.41, 5.74) is 2.84. The third kappa shape index (κ3) is 5.80. The molecule has 0 unspecified atom stereocenters. The van der Waals surface area contributed by atoms with Crippen molar-refractivity contribution in [3.8, 4) is 11.5 Å². The number of carbonyl (C=O) groups is 1. The summed E-state index contributed by atoms with van der Waals surface area (Å²) in [5, 5.41) is 2.46. The summed E-state index contributed by atoms with van der Waals surface area (Å²) in [7, 11) is 0. The van der Waals surface area contributed by atoms with E-state index in [2.05, 4.69) is 15.0 Å². The number of benzene rings is 1. The molecule has 1 atom stereocenters. The number of amides is 1. The Labute approximate surface area is 149 Å². The van der Waals surface area contributed by atoms with Crippen molar-refractivity contribution in [2.45, 2.75) is 19.3 Å². The number of H-pyrrole nitrogens is 2. The first-order valence-electron chi connectivity index (χ1n) is 7.46. The van der Waals surface area contributed by atoms with Crippen molar-refractivity contribution in [3.63, 3.8) is 0 Å². The summed E-state index contributed by atoms with van der Waals surface area (Å²) in [5.74, 6) is -0.944. The SMILES string of the molecule is C[C@H](COc1ccc(OC(F)(F)F)cc1)NC(=O)c1[nH]c(=O)[nH]c(=O)c1N. The lowest BCUT2D eigenvalue weighted by atomic mass is 10.3. The molecule has 1 amide bonds. The second kappa shape index (κ2) is 7.85. The molecule has 0 aliphatic rings. The zero-order valence-electron chi connectivity index (χ0n) is 13.8. The van der Waals surface area contributed by atoms with Crippen LogP contribution in [0.1, 0.15) is 17.4 Å². The molecule has 2 rings (SSSR count). The molecule has 9 nitrogen and oxygen atoms in total. The first kappa shape index (κ1) is 19.9. The van der Waals surface area contributed by atoms with Crippen LogP contribution in [0, 0.1) is 0 Å². The Morgan fingerprint density at radius 3 is 2.37 bits per heavy atom. The predicted molar refractivity (Wildman–Crippen MR) is 87.6 cm³/mol. The van der Waals surface area contributed by atoms with E-state index in [1.165, 1.54) is 12.1 Å². The second-order valence-electron chi connectivity index (χ2n) is 5.40. The summed E-state index contributed by atoms with van der Waals surface area (Å²) in [6, 6.07) is 4.11. The van der Waals surface area contributed by atoms with Crippen LogP contribution < -0.4 is 31.8 Å². The smallest absolute Gasteiger partial charge is 0.491 e. The number of nitrogens with one attached hydrogen (secondary N) is 3. The number of nitrogen functional groups attached to an aromatic ring is 1. The van der Waals surface area contributed by atoms with Crippen molar-refractivity contribution in [1.29, 1.82) is 0 Å². The lowest BCUT2D eigenvalue weighted by Crippen LogP contribution is -2.40. The standard InChI is InChI=1S/C15H15F3N4O5/c1-7(20-13(24)11-10(19)12(23)22-14(25)21-11)6-26-8-2-4-9(5-3-8)27-15(16,17)18/h2-5,7H,6,19H2,1H3,(H,20,24)(H2,21,22,23,25)/t7-/m1/s1. The predicted octanol–water partition coefficient (Wildman–Crippen LogP) is 0.741. The third-order valence-corrected chi connectivity index (χ3v) is 3.14.